The third kappa shape index (κ3) is 5.02. The lowest BCUT2D eigenvalue weighted by atomic mass is 10.3. The number of nitrogens with zero attached hydrogens (tertiary/aromatic N) is 1. The van der Waals surface area contributed by atoms with Gasteiger partial charge in [0.25, 0.3) is 15.9 Å². The summed E-state index contributed by atoms with van der Waals surface area (Å²) in [6, 6.07) is 8.14. The maximum Gasteiger partial charge on any atom is 0.263 e. The summed E-state index contributed by atoms with van der Waals surface area (Å²) >= 11 is 1.14. The Balaban J connectivity index is 1.58. The molecule has 7 nitrogen and oxygen atoms in total. The van der Waals surface area contributed by atoms with Crippen LogP contribution in [0.25, 0.3) is 0 Å². The number of hydrogen-bond acceptors (Lipinski definition) is 6. The zero-order valence-electron chi connectivity index (χ0n) is 14.1. The predicted octanol–water partition coefficient (Wildman–Crippen LogP) is 3.24. The average molecular weight is 425 g/mol. The summed E-state index contributed by atoms with van der Waals surface area (Å²) in [5, 5.41) is 4.36. The minimum Gasteiger partial charge on any atom is -0.481 e. The molecule has 11 heteroatoms. The summed E-state index contributed by atoms with van der Waals surface area (Å²) in [5.74, 6) is -2.53. The molecule has 1 amide bonds. The molecule has 2 aromatic carbocycles. The molecule has 146 valence electrons. The molecule has 0 saturated carbocycles. The number of hydrogen-bond donors (Lipinski definition) is 2. The molecule has 1 aromatic heterocycles. The molecule has 0 fully saturated rings. The monoisotopic (exact) mass is 425 g/mol. The fourth-order valence-electron chi connectivity index (χ4n) is 2.10. The lowest BCUT2D eigenvalue weighted by Crippen LogP contribution is -2.20. The van der Waals surface area contributed by atoms with Gasteiger partial charge in [0.15, 0.2) is 23.3 Å². The molecule has 0 spiro atoms. The predicted molar refractivity (Wildman–Crippen MR) is 99.8 cm³/mol. The van der Waals surface area contributed by atoms with E-state index in [0.29, 0.717) is 11.8 Å². The maximum absolute atomic E-state index is 13.5. The molecule has 2 N–H and O–H groups in total. The average Bonchev–Trinajstić information content (AvgIpc) is 3.14. The molecule has 0 saturated heterocycles. The van der Waals surface area contributed by atoms with Crippen molar-refractivity contribution >= 4 is 38.1 Å². The van der Waals surface area contributed by atoms with Crippen LogP contribution in [-0.4, -0.2) is 25.9 Å². The Hall–Kier alpha value is -3.05. The van der Waals surface area contributed by atoms with Gasteiger partial charge in [0, 0.05) is 23.3 Å². The largest absolute Gasteiger partial charge is 0.481 e. The molecule has 0 aliphatic heterocycles. The Bertz CT molecular complexity index is 1070. The highest BCUT2D eigenvalue weighted by atomic mass is 32.2. The lowest BCUT2D eigenvalue weighted by molar-refractivity contribution is -0.118. The van der Waals surface area contributed by atoms with Crippen LogP contribution in [0, 0.1) is 11.6 Å². The lowest BCUT2D eigenvalue weighted by Gasteiger charge is -2.09. The molecule has 3 rings (SSSR count). The minimum absolute atomic E-state index is 0.00895. The molecule has 28 heavy (non-hydrogen) atoms. The van der Waals surface area contributed by atoms with E-state index < -0.39 is 34.2 Å². The smallest absolute Gasteiger partial charge is 0.263 e. The first-order valence-electron chi connectivity index (χ1n) is 7.73. The van der Waals surface area contributed by atoms with Gasteiger partial charge < -0.3 is 10.1 Å². The molecule has 0 aliphatic rings. The van der Waals surface area contributed by atoms with Crippen LogP contribution < -0.4 is 14.8 Å². The third-order valence-electron chi connectivity index (χ3n) is 3.36. The number of sulfonamides is 1. The van der Waals surface area contributed by atoms with Crippen LogP contribution in [0.2, 0.25) is 0 Å². The van der Waals surface area contributed by atoms with Crippen molar-refractivity contribution in [3.05, 3.63) is 65.7 Å². The zero-order valence-corrected chi connectivity index (χ0v) is 15.7. The van der Waals surface area contributed by atoms with Gasteiger partial charge in [0.2, 0.25) is 0 Å². The van der Waals surface area contributed by atoms with E-state index in [1.807, 2.05) is 0 Å². The van der Waals surface area contributed by atoms with Crippen LogP contribution >= 0.6 is 11.3 Å². The summed E-state index contributed by atoms with van der Waals surface area (Å²) in [7, 11) is -3.79. The number of ether oxygens (including phenoxy) is 1. The van der Waals surface area contributed by atoms with Crippen LogP contribution in [0.15, 0.2) is 58.9 Å². The Labute approximate surface area is 163 Å². The van der Waals surface area contributed by atoms with Gasteiger partial charge in [-0.2, -0.15) is 0 Å². The number of carbonyl (C=O) groups excluding carboxylic acids is 1. The molecule has 1 heterocycles. The Kier molecular flexibility index (Phi) is 5.85. The van der Waals surface area contributed by atoms with Crippen LogP contribution in [0.4, 0.5) is 19.6 Å². The van der Waals surface area contributed by atoms with Crippen molar-refractivity contribution in [2.75, 3.05) is 16.6 Å². The highest BCUT2D eigenvalue weighted by molar-refractivity contribution is 7.93. The normalized spacial score (nSPS) is 11.1. The summed E-state index contributed by atoms with van der Waals surface area (Å²) < 4.78 is 58.1. The number of benzene rings is 2. The SMILES string of the molecule is O=C(COc1ccc(F)cc1F)Nc1ccc(S(=O)(=O)Nc2nccs2)cc1. The Morgan fingerprint density at radius 1 is 1.14 bits per heavy atom. The van der Waals surface area contributed by atoms with Crippen molar-refractivity contribution in [2.45, 2.75) is 4.90 Å². The number of carbonyl (C=O) groups is 1. The molecule has 0 radical (unpaired) electrons. The van der Waals surface area contributed by atoms with Gasteiger partial charge in [-0.3, -0.25) is 9.52 Å². The van der Waals surface area contributed by atoms with Crippen molar-refractivity contribution in [2.24, 2.45) is 0 Å². The van der Waals surface area contributed by atoms with Gasteiger partial charge >= 0.3 is 0 Å². The van der Waals surface area contributed by atoms with Crippen molar-refractivity contribution in [3.8, 4) is 5.75 Å². The maximum atomic E-state index is 13.5. The first kappa shape index (κ1) is 19.7. The quantitative estimate of drug-likeness (QED) is 0.606. The minimum atomic E-state index is -3.79. The van der Waals surface area contributed by atoms with Crippen molar-refractivity contribution in [1.82, 2.24) is 4.98 Å². The van der Waals surface area contributed by atoms with Crippen LogP contribution in [-0.2, 0) is 14.8 Å². The van der Waals surface area contributed by atoms with E-state index in [2.05, 4.69) is 15.0 Å². The van der Waals surface area contributed by atoms with E-state index in [9.17, 15) is 22.0 Å². The molecule has 0 atom stereocenters. The molecular formula is C17H13F2N3O4S2. The van der Waals surface area contributed by atoms with E-state index in [-0.39, 0.29) is 15.8 Å². The van der Waals surface area contributed by atoms with Crippen LogP contribution in [0.1, 0.15) is 0 Å². The van der Waals surface area contributed by atoms with Gasteiger partial charge in [-0.25, -0.2) is 22.2 Å². The Morgan fingerprint density at radius 2 is 1.89 bits per heavy atom. The van der Waals surface area contributed by atoms with Gasteiger partial charge in [-0.05, 0) is 36.4 Å². The van der Waals surface area contributed by atoms with Gasteiger partial charge in [-0.15, -0.1) is 11.3 Å². The van der Waals surface area contributed by atoms with Crippen LogP contribution in [0.3, 0.4) is 0 Å². The second-order valence-electron chi connectivity index (χ2n) is 5.38. The highest BCUT2D eigenvalue weighted by Crippen LogP contribution is 2.20. The number of nitrogens with one attached hydrogen (secondary N) is 2. The highest BCUT2D eigenvalue weighted by Gasteiger charge is 2.15. The number of aromatic nitrogens is 1. The summed E-state index contributed by atoms with van der Waals surface area (Å²) in [5.41, 5.74) is 0.321. The second-order valence-corrected chi connectivity index (χ2v) is 7.96. The van der Waals surface area contributed by atoms with E-state index in [1.165, 1.54) is 30.5 Å². The fraction of sp³-hybridized carbons (Fsp3) is 0.0588. The van der Waals surface area contributed by atoms with Gasteiger partial charge in [-0.1, -0.05) is 0 Å². The van der Waals surface area contributed by atoms with E-state index in [1.54, 1.807) is 5.38 Å². The van der Waals surface area contributed by atoms with Crippen molar-refractivity contribution in [3.63, 3.8) is 0 Å². The van der Waals surface area contributed by atoms with E-state index in [4.69, 9.17) is 4.74 Å². The number of anilines is 2. The first-order chi connectivity index (χ1) is 13.3. The number of amides is 1. The molecule has 0 unspecified atom stereocenters. The van der Waals surface area contributed by atoms with Crippen molar-refractivity contribution in [1.29, 1.82) is 0 Å². The van der Waals surface area contributed by atoms with Gasteiger partial charge in [0.05, 0.1) is 4.90 Å². The second kappa shape index (κ2) is 8.31. The zero-order chi connectivity index (χ0) is 20.1. The van der Waals surface area contributed by atoms with Crippen molar-refractivity contribution < 1.29 is 26.7 Å². The summed E-state index contributed by atoms with van der Waals surface area (Å²) in [4.78, 5) is 15.7. The van der Waals surface area contributed by atoms with E-state index in [0.717, 1.165) is 23.5 Å². The summed E-state index contributed by atoms with van der Waals surface area (Å²) in [6.45, 7) is -0.506. The number of thiazole rings is 1. The molecule has 0 bridgehead atoms. The van der Waals surface area contributed by atoms with Crippen LogP contribution in [0.5, 0.6) is 5.75 Å². The summed E-state index contributed by atoms with van der Waals surface area (Å²) in [6.07, 6.45) is 1.47. The third-order valence-corrected chi connectivity index (χ3v) is 5.53. The number of halogens is 2. The van der Waals surface area contributed by atoms with E-state index >= 15 is 0 Å². The molecular weight excluding hydrogens is 412 g/mol. The molecule has 0 aliphatic carbocycles. The standard InChI is InChI=1S/C17H13F2N3O4S2/c18-11-1-6-15(14(19)9-11)26-10-16(23)21-12-2-4-13(5-3-12)28(24,25)22-17-20-7-8-27-17/h1-9H,10H2,(H,20,22)(H,21,23). The molecule has 3 aromatic rings. The topological polar surface area (TPSA) is 97.4 Å². The van der Waals surface area contributed by atoms with Gasteiger partial charge in [0.1, 0.15) is 5.82 Å². The first-order valence-corrected chi connectivity index (χ1v) is 10.1. The number of rotatable bonds is 7. The fourth-order valence-corrected chi connectivity index (χ4v) is 3.89. The Morgan fingerprint density at radius 3 is 2.54 bits per heavy atom.